The van der Waals surface area contributed by atoms with Crippen LogP contribution in [0.3, 0.4) is 0 Å². The lowest BCUT2D eigenvalue weighted by atomic mass is 9.97. The third-order valence-corrected chi connectivity index (χ3v) is 3.70. The molecule has 0 spiro atoms. The Morgan fingerprint density at radius 2 is 1.95 bits per heavy atom. The third-order valence-electron chi connectivity index (χ3n) is 3.70. The molecule has 1 unspecified atom stereocenters. The zero-order valence-corrected chi connectivity index (χ0v) is 12.9. The highest BCUT2D eigenvalue weighted by atomic mass is 16.5. The number of hydrogen-bond acceptors (Lipinski definition) is 3. The molecule has 0 saturated heterocycles. The van der Waals surface area contributed by atoms with E-state index in [1.54, 1.807) is 0 Å². The van der Waals surface area contributed by atoms with Crippen molar-refractivity contribution in [2.75, 3.05) is 6.61 Å². The van der Waals surface area contributed by atoms with Crippen molar-refractivity contribution in [1.29, 1.82) is 0 Å². The Balaban J connectivity index is 2.68. The zero-order chi connectivity index (χ0) is 14.5. The maximum Gasteiger partial charge on any atom is 0.0887 e. The molecular weight excluding hydrogens is 240 g/mol. The molecule has 110 valence electrons. The van der Waals surface area contributed by atoms with Gasteiger partial charge in [0.25, 0.3) is 0 Å². The van der Waals surface area contributed by atoms with Crippen molar-refractivity contribution in [1.82, 2.24) is 9.78 Å². The van der Waals surface area contributed by atoms with E-state index in [2.05, 4.69) is 18.9 Å². The van der Waals surface area contributed by atoms with Gasteiger partial charge in [-0.25, -0.2) is 0 Å². The van der Waals surface area contributed by atoms with Crippen LogP contribution in [0.4, 0.5) is 0 Å². The topological polar surface area (TPSA) is 47.3 Å². The molecule has 1 aromatic rings. The van der Waals surface area contributed by atoms with Gasteiger partial charge in [0.2, 0.25) is 0 Å². The second-order valence-corrected chi connectivity index (χ2v) is 5.51. The molecule has 0 saturated carbocycles. The van der Waals surface area contributed by atoms with Crippen molar-refractivity contribution in [2.24, 2.45) is 0 Å². The fraction of sp³-hybridized carbons (Fsp3) is 0.800. The van der Waals surface area contributed by atoms with Crippen molar-refractivity contribution >= 4 is 0 Å². The molecule has 1 heterocycles. The van der Waals surface area contributed by atoms with Crippen molar-refractivity contribution in [2.45, 2.75) is 71.6 Å². The van der Waals surface area contributed by atoms with Crippen LogP contribution in [0.15, 0.2) is 12.3 Å². The molecule has 1 rings (SSSR count). The first-order valence-electron chi connectivity index (χ1n) is 7.30. The summed E-state index contributed by atoms with van der Waals surface area (Å²) in [5, 5.41) is 14.8. The highest BCUT2D eigenvalue weighted by Crippen LogP contribution is 2.20. The minimum atomic E-state index is -0.544. The fourth-order valence-electron chi connectivity index (χ4n) is 2.26. The molecule has 1 aromatic heterocycles. The maximum atomic E-state index is 10.2. The van der Waals surface area contributed by atoms with Gasteiger partial charge in [0.1, 0.15) is 0 Å². The lowest BCUT2D eigenvalue weighted by Gasteiger charge is -2.29. The molecule has 0 radical (unpaired) electrons. The van der Waals surface area contributed by atoms with Crippen molar-refractivity contribution < 1.29 is 9.84 Å². The largest absolute Gasteiger partial charge is 0.390 e. The minimum Gasteiger partial charge on any atom is -0.390 e. The second kappa shape index (κ2) is 7.06. The first-order chi connectivity index (χ1) is 8.94. The third kappa shape index (κ3) is 4.32. The Bertz CT molecular complexity index is 370. The Labute approximate surface area is 116 Å². The summed E-state index contributed by atoms with van der Waals surface area (Å²) >= 11 is 0. The normalized spacial score (nSPS) is 14.1. The van der Waals surface area contributed by atoms with Gasteiger partial charge >= 0.3 is 0 Å². The predicted octanol–water partition coefficient (Wildman–Crippen LogP) is 2.96. The van der Waals surface area contributed by atoms with Crippen LogP contribution in [0, 0.1) is 0 Å². The van der Waals surface area contributed by atoms with Gasteiger partial charge in [-0.15, -0.1) is 0 Å². The molecule has 0 amide bonds. The summed E-state index contributed by atoms with van der Waals surface area (Å²) in [6.07, 6.45) is 4.14. The molecule has 1 atom stereocenters. The van der Waals surface area contributed by atoms with E-state index in [1.165, 1.54) is 0 Å². The van der Waals surface area contributed by atoms with Gasteiger partial charge in [-0.1, -0.05) is 13.8 Å². The molecule has 0 aromatic carbocycles. The molecule has 0 fully saturated rings. The van der Waals surface area contributed by atoms with Gasteiger partial charge in [-0.05, 0) is 39.7 Å². The molecule has 0 aliphatic carbocycles. The Morgan fingerprint density at radius 3 is 2.47 bits per heavy atom. The van der Waals surface area contributed by atoms with E-state index >= 15 is 0 Å². The summed E-state index contributed by atoms with van der Waals surface area (Å²) < 4.78 is 7.58. The van der Waals surface area contributed by atoms with E-state index < -0.39 is 11.7 Å². The smallest absolute Gasteiger partial charge is 0.0887 e. The van der Waals surface area contributed by atoms with Crippen molar-refractivity contribution in [3.05, 3.63) is 18.0 Å². The van der Waals surface area contributed by atoms with Crippen LogP contribution in [0.1, 0.15) is 59.2 Å². The number of aliphatic hydroxyl groups is 1. The van der Waals surface area contributed by atoms with E-state index in [0.717, 1.165) is 18.5 Å². The maximum absolute atomic E-state index is 10.2. The average Bonchev–Trinajstić information content (AvgIpc) is 2.79. The van der Waals surface area contributed by atoms with Crippen LogP contribution < -0.4 is 0 Å². The minimum absolute atomic E-state index is 0.450. The number of aliphatic hydroxyl groups excluding tert-OH is 1. The monoisotopic (exact) mass is 268 g/mol. The summed E-state index contributed by atoms with van der Waals surface area (Å²) in [5.74, 6) is 0. The number of ether oxygens (including phenoxy) is 1. The molecule has 19 heavy (non-hydrogen) atoms. The summed E-state index contributed by atoms with van der Waals surface area (Å²) in [4.78, 5) is 0. The highest BCUT2D eigenvalue weighted by molar-refractivity contribution is 5.03. The lowest BCUT2D eigenvalue weighted by Crippen LogP contribution is -2.40. The molecule has 0 aliphatic heterocycles. The number of aromatic nitrogens is 2. The van der Waals surface area contributed by atoms with E-state index in [0.29, 0.717) is 19.1 Å². The van der Waals surface area contributed by atoms with Gasteiger partial charge in [0.15, 0.2) is 0 Å². The molecule has 0 aliphatic rings. The first-order valence-corrected chi connectivity index (χ1v) is 7.30. The number of nitrogens with zero attached hydrogens (tertiary/aromatic N) is 2. The van der Waals surface area contributed by atoms with Crippen LogP contribution in [0.5, 0.6) is 0 Å². The molecule has 4 nitrogen and oxygen atoms in total. The van der Waals surface area contributed by atoms with Crippen molar-refractivity contribution in [3.8, 4) is 0 Å². The van der Waals surface area contributed by atoms with E-state index in [-0.39, 0.29) is 0 Å². The average molecular weight is 268 g/mol. The van der Waals surface area contributed by atoms with Crippen molar-refractivity contribution in [3.63, 3.8) is 0 Å². The fourth-order valence-corrected chi connectivity index (χ4v) is 2.26. The Kier molecular flexibility index (Phi) is 6.01. The molecular formula is C15H28N2O2. The molecule has 4 heteroatoms. The van der Waals surface area contributed by atoms with E-state index in [9.17, 15) is 5.11 Å². The van der Waals surface area contributed by atoms with Gasteiger partial charge in [-0.3, -0.25) is 4.68 Å². The highest BCUT2D eigenvalue weighted by Gasteiger charge is 2.29. The van der Waals surface area contributed by atoms with Gasteiger partial charge in [0, 0.05) is 19.2 Å². The van der Waals surface area contributed by atoms with E-state index in [4.69, 9.17) is 4.74 Å². The molecule has 0 bridgehead atoms. The molecule has 1 N–H and O–H groups in total. The van der Waals surface area contributed by atoms with Crippen LogP contribution in [-0.2, 0) is 11.2 Å². The summed E-state index contributed by atoms with van der Waals surface area (Å²) in [7, 11) is 0. The van der Waals surface area contributed by atoms with Crippen LogP contribution in [0.2, 0.25) is 0 Å². The quantitative estimate of drug-likeness (QED) is 0.788. The van der Waals surface area contributed by atoms with E-state index in [1.807, 2.05) is 37.7 Å². The number of hydrogen-bond donors (Lipinski definition) is 1. The second-order valence-electron chi connectivity index (χ2n) is 5.51. The summed E-state index contributed by atoms with van der Waals surface area (Å²) in [6.45, 7) is 10.7. The summed E-state index contributed by atoms with van der Waals surface area (Å²) in [6, 6.07) is 2.44. The zero-order valence-electron chi connectivity index (χ0n) is 12.9. The summed E-state index contributed by atoms with van der Waals surface area (Å²) in [5.41, 5.74) is 0.389. The van der Waals surface area contributed by atoms with Gasteiger partial charge in [0.05, 0.1) is 23.4 Å². The lowest BCUT2D eigenvalue weighted by molar-refractivity contribution is -0.0958. The standard InChI is InChI=1S/C15H28N2O2/c1-6-13(7-2)17-10-9-12(16-17)11-14(18)15(4,5)19-8-3/h9-10,13-14,18H,6-8,11H2,1-5H3. The van der Waals surface area contributed by atoms with Crippen LogP contribution in [0.25, 0.3) is 0 Å². The van der Waals surface area contributed by atoms with Gasteiger partial charge in [-0.2, -0.15) is 5.10 Å². The SMILES string of the molecule is CCOC(C)(C)C(O)Cc1ccn(C(CC)CC)n1. The number of rotatable bonds is 8. The Hall–Kier alpha value is -0.870. The Morgan fingerprint density at radius 1 is 1.32 bits per heavy atom. The van der Waals surface area contributed by atoms with Crippen LogP contribution >= 0.6 is 0 Å². The van der Waals surface area contributed by atoms with Crippen LogP contribution in [-0.4, -0.2) is 33.2 Å². The van der Waals surface area contributed by atoms with Gasteiger partial charge < -0.3 is 9.84 Å². The predicted molar refractivity (Wildman–Crippen MR) is 77.3 cm³/mol. The first kappa shape index (κ1) is 16.2.